The third-order valence-corrected chi connectivity index (χ3v) is 3.89. The molecule has 0 saturated carbocycles. The van der Waals surface area contributed by atoms with Gasteiger partial charge in [-0.1, -0.05) is 18.3 Å². The number of aromatic nitrogens is 2. The zero-order valence-corrected chi connectivity index (χ0v) is 8.77. The molecule has 1 atom stereocenters. The minimum atomic E-state index is 0.147. The molecular weight excluding hydrogens is 206 g/mol. The monoisotopic (exact) mass is 215 g/mol. The fraction of sp³-hybridized carbons (Fsp3) is 0.571. The predicted molar refractivity (Wildman–Crippen MR) is 53.9 cm³/mol. The molecule has 0 unspecified atom stereocenters. The molecular formula is C7H9N3OS2. The second-order valence-corrected chi connectivity index (χ2v) is 4.64. The van der Waals surface area contributed by atoms with Gasteiger partial charge >= 0.3 is 0 Å². The average Bonchev–Trinajstić information content (AvgIpc) is 2.72. The SMILES string of the molecule is CC[C@@H]1SCC(=O)N1c1nncs1. The van der Waals surface area contributed by atoms with Crippen molar-refractivity contribution < 1.29 is 4.79 Å². The van der Waals surface area contributed by atoms with Crippen LogP contribution in [0.4, 0.5) is 5.13 Å². The molecule has 0 radical (unpaired) electrons. The Hall–Kier alpha value is -0.620. The first-order valence-electron chi connectivity index (χ1n) is 4.02. The van der Waals surface area contributed by atoms with E-state index in [4.69, 9.17) is 0 Å². The number of anilines is 1. The summed E-state index contributed by atoms with van der Waals surface area (Å²) >= 11 is 3.08. The predicted octanol–water partition coefficient (Wildman–Crippen LogP) is 1.35. The zero-order valence-electron chi connectivity index (χ0n) is 7.14. The first kappa shape index (κ1) is 8.96. The summed E-state index contributed by atoms with van der Waals surface area (Å²) in [6.07, 6.45) is 0.954. The molecule has 13 heavy (non-hydrogen) atoms. The van der Waals surface area contributed by atoms with Gasteiger partial charge in [0.2, 0.25) is 11.0 Å². The van der Waals surface area contributed by atoms with E-state index in [1.165, 1.54) is 11.3 Å². The normalized spacial score (nSPS) is 22.7. The van der Waals surface area contributed by atoms with Gasteiger partial charge in [0, 0.05) is 0 Å². The van der Waals surface area contributed by atoms with E-state index in [0.717, 1.165) is 11.6 Å². The van der Waals surface area contributed by atoms with Gasteiger partial charge in [-0.2, -0.15) is 0 Å². The quantitative estimate of drug-likeness (QED) is 0.747. The second-order valence-electron chi connectivity index (χ2n) is 2.66. The standard InChI is InChI=1S/C7H9N3OS2/c1-2-6-10(5(11)3-12-6)7-9-8-4-13-7/h4,6H,2-3H2,1H3/t6-/m0/s1. The molecule has 2 heterocycles. The molecule has 0 bridgehead atoms. The van der Waals surface area contributed by atoms with Crippen LogP contribution >= 0.6 is 23.1 Å². The summed E-state index contributed by atoms with van der Waals surface area (Å²) in [5.41, 5.74) is 1.65. The van der Waals surface area contributed by atoms with Crippen molar-refractivity contribution in [2.24, 2.45) is 0 Å². The van der Waals surface area contributed by atoms with Crippen molar-refractivity contribution in [1.29, 1.82) is 0 Å². The highest BCUT2D eigenvalue weighted by molar-refractivity contribution is 8.01. The largest absolute Gasteiger partial charge is 0.273 e. The molecule has 1 aliphatic heterocycles. The van der Waals surface area contributed by atoms with E-state index in [1.54, 1.807) is 22.2 Å². The topological polar surface area (TPSA) is 46.1 Å². The number of carbonyl (C=O) groups excluding carboxylic acids is 1. The van der Waals surface area contributed by atoms with E-state index in [2.05, 4.69) is 17.1 Å². The van der Waals surface area contributed by atoms with E-state index in [0.29, 0.717) is 5.75 Å². The number of amides is 1. The summed E-state index contributed by atoms with van der Waals surface area (Å²) < 4.78 is 0. The van der Waals surface area contributed by atoms with Gasteiger partial charge in [0.25, 0.3) is 0 Å². The van der Waals surface area contributed by atoms with Gasteiger partial charge < -0.3 is 0 Å². The highest BCUT2D eigenvalue weighted by Crippen LogP contribution is 2.32. The number of thioether (sulfide) groups is 1. The number of rotatable bonds is 2. The van der Waals surface area contributed by atoms with E-state index in [1.807, 2.05) is 0 Å². The van der Waals surface area contributed by atoms with Gasteiger partial charge in [-0.25, -0.2) is 0 Å². The van der Waals surface area contributed by atoms with E-state index in [-0.39, 0.29) is 11.3 Å². The smallest absolute Gasteiger partial charge is 0.239 e. The Morgan fingerprint density at radius 3 is 3.23 bits per heavy atom. The van der Waals surface area contributed by atoms with Crippen LogP contribution in [0.15, 0.2) is 5.51 Å². The molecule has 1 saturated heterocycles. The number of carbonyl (C=O) groups is 1. The van der Waals surface area contributed by atoms with Crippen LogP contribution in [0.1, 0.15) is 13.3 Å². The van der Waals surface area contributed by atoms with Crippen molar-refractivity contribution in [3.8, 4) is 0 Å². The van der Waals surface area contributed by atoms with Gasteiger partial charge in [-0.05, 0) is 6.42 Å². The van der Waals surface area contributed by atoms with Gasteiger partial charge in [-0.15, -0.1) is 22.0 Å². The Balaban J connectivity index is 2.25. The van der Waals surface area contributed by atoms with Crippen LogP contribution in [-0.4, -0.2) is 27.2 Å². The minimum absolute atomic E-state index is 0.147. The van der Waals surface area contributed by atoms with Crippen LogP contribution in [-0.2, 0) is 4.79 Å². The van der Waals surface area contributed by atoms with Crippen molar-refractivity contribution in [1.82, 2.24) is 10.2 Å². The lowest BCUT2D eigenvalue weighted by Gasteiger charge is -2.18. The van der Waals surface area contributed by atoms with E-state index >= 15 is 0 Å². The van der Waals surface area contributed by atoms with Crippen LogP contribution in [0.5, 0.6) is 0 Å². The molecule has 0 spiro atoms. The van der Waals surface area contributed by atoms with Crippen LogP contribution < -0.4 is 4.90 Å². The van der Waals surface area contributed by atoms with Crippen LogP contribution in [0.25, 0.3) is 0 Å². The molecule has 6 heteroatoms. The Morgan fingerprint density at radius 2 is 2.62 bits per heavy atom. The average molecular weight is 215 g/mol. The molecule has 1 amide bonds. The molecule has 2 rings (SSSR count). The van der Waals surface area contributed by atoms with Crippen LogP contribution in [0.2, 0.25) is 0 Å². The highest BCUT2D eigenvalue weighted by atomic mass is 32.2. The lowest BCUT2D eigenvalue weighted by molar-refractivity contribution is -0.115. The fourth-order valence-electron chi connectivity index (χ4n) is 1.27. The lowest BCUT2D eigenvalue weighted by Crippen LogP contribution is -2.32. The molecule has 0 aliphatic carbocycles. The maximum atomic E-state index is 11.5. The summed E-state index contributed by atoms with van der Waals surface area (Å²) in [4.78, 5) is 13.2. The second kappa shape index (κ2) is 3.63. The van der Waals surface area contributed by atoms with E-state index in [9.17, 15) is 4.79 Å². The van der Waals surface area contributed by atoms with Gasteiger partial charge in [0.05, 0.1) is 11.1 Å². The number of hydrogen-bond donors (Lipinski definition) is 0. The van der Waals surface area contributed by atoms with Crippen molar-refractivity contribution in [3.05, 3.63) is 5.51 Å². The Morgan fingerprint density at radius 1 is 1.77 bits per heavy atom. The maximum Gasteiger partial charge on any atom is 0.239 e. The summed E-state index contributed by atoms with van der Waals surface area (Å²) in [7, 11) is 0. The molecule has 1 aromatic heterocycles. The molecule has 0 aromatic carbocycles. The third kappa shape index (κ3) is 1.55. The Labute approximate surface area is 84.3 Å². The molecule has 4 nitrogen and oxygen atoms in total. The molecule has 1 aromatic rings. The lowest BCUT2D eigenvalue weighted by atomic mass is 10.4. The fourth-order valence-corrected chi connectivity index (χ4v) is 3.04. The van der Waals surface area contributed by atoms with Gasteiger partial charge in [0.15, 0.2) is 0 Å². The number of hydrogen-bond acceptors (Lipinski definition) is 5. The van der Waals surface area contributed by atoms with Crippen molar-refractivity contribution in [2.45, 2.75) is 18.7 Å². The Bertz CT molecular complexity index is 301. The highest BCUT2D eigenvalue weighted by Gasteiger charge is 2.33. The minimum Gasteiger partial charge on any atom is -0.273 e. The summed E-state index contributed by atoms with van der Waals surface area (Å²) in [6, 6.07) is 0. The van der Waals surface area contributed by atoms with Gasteiger partial charge in [0.1, 0.15) is 5.51 Å². The van der Waals surface area contributed by atoms with Crippen molar-refractivity contribution in [3.63, 3.8) is 0 Å². The summed E-state index contributed by atoms with van der Waals surface area (Å²) in [5.74, 6) is 0.714. The van der Waals surface area contributed by atoms with E-state index < -0.39 is 0 Å². The first-order valence-corrected chi connectivity index (χ1v) is 5.95. The third-order valence-electron chi connectivity index (χ3n) is 1.86. The van der Waals surface area contributed by atoms with Crippen LogP contribution in [0, 0.1) is 0 Å². The van der Waals surface area contributed by atoms with Crippen molar-refractivity contribution >= 4 is 34.1 Å². The summed E-state index contributed by atoms with van der Waals surface area (Å²) in [6.45, 7) is 2.07. The molecule has 0 N–H and O–H groups in total. The van der Waals surface area contributed by atoms with Crippen LogP contribution in [0.3, 0.4) is 0 Å². The first-order chi connectivity index (χ1) is 6.33. The molecule has 70 valence electrons. The summed E-state index contributed by atoms with van der Waals surface area (Å²) in [5, 5.41) is 8.62. The zero-order chi connectivity index (χ0) is 9.26. The van der Waals surface area contributed by atoms with Gasteiger partial charge in [-0.3, -0.25) is 9.69 Å². The maximum absolute atomic E-state index is 11.5. The number of nitrogens with zero attached hydrogens (tertiary/aromatic N) is 3. The van der Waals surface area contributed by atoms with Crippen molar-refractivity contribution in [2.75, 3.05) is 10.7 Å². The molecule has 1 aliphatic rings. The molecule has 1 fully saturated rings. The Kier molecular flexibility index (Phi) is 2.50.